The van der Waals surface area contributed by atoms with Crippen LogP contribution in [0.4, 0.5) is 0 Å². The van der Waals surface area contributed by atoms with Crippen LogP contribution in [0, 0.1) is 0 Å². The smallest absolute Gasteiger partial charge is 0.320 e. The van der Waals surface area contributed by atoms with Crippen molar-refractivity contribution < 1.29 is 14.6 Å². The van der Waals surface area contributed by atoms with E-state index in [1.165, 1.54) is 22.3 Å². The number of hydrogen-bond donors (Lipinski definition) is 1. The van der Waals surface area contributed by atoms with Gasteiger partial charge in [0.2, 0.25) is 0 Å². The van der Waals surface area contributed by atoms with E-state index in [1.54, 1.807) is 0 Å². The molecule has 1 heterocycles. The lowest BCUT2D eigenvalue weighted by Crippen LogP contribution is -2.46. The van der Waals surface area contributed by atoms with Crippen LogP contribution in [0.2, 0.25) is 0 Å². The summed E-state index contributed by atoms with van der Waals surface area (Å²) in [5, 5.41) is 9.50. The fourth-order valence-corrected chi connectivity index (χ4v) is 4.79. The maximum Gasteiger partial charge on any atom is 0.320 e. The van der Waals surface area contributed by atoms with E-state index in [-0.39, 0.29) is 12.1 Å². The van der Waals surface area contributed by atoms with Gasteiger partial charge in [-0.05, 0) is 54.0 Å². The van der Waals surface area contributed by atoms with Crippen LogP contribution in [0.1, 0.15) is 60.5 Å². The number of aliphatic carboxylic acids is 1. The Bertz CT molecular complexity index is 834. The molecular formula is C24H29NO3. The summed E-state index contributed by atoms with van der Waals surface area (Å²) in [6, 6.07) is 16.8. The van der Waals surface area contributed by atoms with Crippen molar-refractivity contribution in [1.29, 1.82) is 0 Å². The minimum Gasteiger partial charge on any atom is -0.480 e. The molecule has 4 heteroatoms. The first-order valence-electron chi connectivity index (χ1n) is 10.4. The lowest BCUT2D eigenvalue weighted by Gasteiger charge is -2.33. The number of nitrogens with zero attached hydrogens (tertiary/aromatic N) is 1. The normalized spacial score (nSPS) is 24.8. The third kappa shape index (κ3) is 3.85. The molecule has 0 saturated carbocycles. The van der Waals surface area contributed by atoms with Gasteiger partial charge in [-0.1, -0.05) is 61.9 Å². The fourth-order valence-electron chi connectivity index (χ4n) is 4.79. The number of hydrogen-bond acceptors (Lipinski definition) is 3. The first-order chi connectivity index (χ1) is 13.6. The molecule has 2 aromatic rings. The number of carboxylic acids is 1. The van der Waals surface area contributed by atoms with E-state index < -0.39 is 5.97 Å². The molecule has 0 radical (unpaired) electrons. The van der Waals surface area contributed by atoms with Gasteiger partial charge in [-0.3, -0.25) is 9.69 Å². The minimum atomic E-state index is -0.710. The third-order valence-electron chi connectivity index (χ3n) is 6.23. The van der Waals surface area contributed by atoms with E-state index in [4.69, 9.17) is 4.74 Å². The average molecular weight is 380 g/mol. The summed E-state index contributed by atoms with van der Waals surface area (Å²) >= 11 is 0. The lowest BCUT2D eigenvalue weighted by molar-refractivity contribution is -0.145. The number of benzene rings is 2. The topological polar surface area (TPSA) is 49.8 Å². The number of carbonyl (C=O) groups is 1. The highest BCUT2D eigenvalue weighted by Crippen LogP contribution is 2.39. The Morgan fingerprint density at radius 2 is 1.79 bits per heavy atom. The number of fused-ring (bicyclic) bond motifs is 2. The van der Waals surface area contributed by atoms with E-state index in [9.17, 15) is 9.90 Å². The molecule has 3 unspecified atom stereocenters. The minimum absolute atomic E-state index is 0.0922. The second-order valence-corrected chi connectivity index (χ2v) is 8.07. The van der Waals surface area contributed by atoms with E-state index in [0.717, 1.165) is 32.2 Å². The Balaban J connectivity index is 1.55. The van der Waals surface area contributed by atoms with Crippen LogP contribution in [0.5, 0.6) is 0 Å². The lowest BCUT2D eigenvalue weighted by atomic mass is 9.93. The van der Waals surface area contributed by atoms with Gasteiger partial charge in [0.05, 0.1) is 6.61 Å². The van der Waals surface area contributed by atoms with Crippen LogP contribution in [0.25, 0.3) is 0 Å². The zero-order valence-electron chi connectivity index (χ0n) is 16.5. The maximum atomic E-state index is 11.6. The summed E-state index contributed by atoms with van der Waals surface area (Å²) in [6.07, 6.45) is 3.72. The Morgan fingerprint density at radius 3 is 2.57 bits per heavy atom. The Hall–Kier alpha value is -2.17. The number of ether oxygens (including phenoxy) is 1. The van der Waals surface area contributed by atoms with Crippen LogP contribution in [-0.2, 0) is 16.0 Å². The number of likely N-dealkylation sites (tertiary alicyclic amines) is 1. The molecule has 0 spiro atoms. The summed E-state index contributed by atoms with van der Waals surface area (Å²) in [7, 11) is 0. The number of carboxylic acid groups (broad SMARTS) is 1. The standard InChI is InChI=1S/C24H29NO3/c1-17-16-18-8-2-3-10-20(18)23(21-11-5-4-9-19(17)21)28-15-14-25-13-7-6-12-22(25)24(26)27/h2-5,8-11,17,22-23H,6-7,12-16H2,1H3,(H,26,27). The molecular weight excluding hydrogens is 350 g/mol. The molecule has 1 aliphatic carbocycles. The molecule has 4 nitrogen and oxygen atoms in total. The van der Waals surface area contributed by atoms with E-state index in [2.05, 4.69) is 60.4 Å². The molecule has 1 N–H and O–H groups in total. The fraction of sp³-hybridized carbons (Fsp3) is 0.458. The monoisotopic (exact) mass is 379 g/mol. The van der Waals surface area contributed by atoms with Crippen LogP contribution < -0.4 is 0 Å². The van der Waals surface area contributed by atoms with Crippen molar-refractivity contribution in [1.82, 2.24) is 4.90 Å². The maximum absolute atomic E-state index is 11.6. The molecule has 148 valence electrons. The van der Waals surface area contributed by atoms with Crippen LogP contribution in [0.3, 0.4) is 0 Å². The van der Waals surface area contributed by atoms with Crippen LogP contribution in [0.15, 0.2) is 48.5 Å². The summed E-state index contributed by atoms with van der Waals surface area (Å²) in [6.45, 7) is 4.32. The van der Waals surface area contributed by atoms with Gasteiger partial charge >= 0.3 is 5.97 Å². The molecule has 1 saturated heterocycles. The summed E-state index contributed by atoms with van der Waals surface area (Å²) in [5.41, 5.74) is 5.18. The van der Waals surface area contributed by atoms with Crippen molar-refractivity contribution in [2.75, 3.05) is 19.7 Å². The molecule has 4 rings (SSSR count). The Kier molecular flexibility index (Phi) is 5.79. The van der Waals surface area contributed by atoms with E-state index in [1.807, 2.05) is 0 Å². The molecule has 2 aliphatic rings. The zero-order valence-corrected chi connectivity index (χ0v) is 16.5. The van der Waals surface area contributed by atoms with Gasteiger partial charge in [-0.25, -0.2) is 0 Å². The highest BCUT2D eigenvalue weighted by Gasteiger charge is 2.30. The Labute approximate surface area is 167 Å². The zero-order chi connectivity index (χ0) is 19.5. The van der Waals surface area contributed by atoms with Gasteiger partial charge in [-0.15, -0.1) is 0 Å². The van der Waals surface area contributed by atoms with Gasteiger partial charge in [0.15, 0.2) is 0 Å². The van der Waals surface area contributed by atoms with Gasteiger partial charge < -0.3 is 9.84 Å². The second-order valence-electron chi connectivity index (χ2n) is 8.07. The SMILES string of the molecule is CC1Cc2ccccc2C(OCCN2CCCCC2C(=O)O)c2ccccc21. The van der Waals surface area contributed by atoms with Crippen molar-refractivity contribution in [3.63, 3.8) is 0 Å². The third-order valence-corrected chi connectivity index (χ3v) is 6.23. The van der Waals surface area contributed by atoms with E-state index in [0.29, 0.717) is 19.1 Å². The van der Waals surface area contributed by atoms with Crippen molar-refractivity contribution >= 4 is 5.97 Å². The van der Waals surface area contributed by atoms with Gasteiger partial charge in [0.1, 0.15) is 12.1 Å². The van der Waals surface area contributed by atoms with E-state index >= 15 is 0 Å². The second kappa shape index (κ2) is 8.46. The first kappa shape index (κ1) is 19.2. The predicted octanol–water partition coefficient (Wildman–Crippen LogP) is 4.39. The molecule has 28 heavy (non-hydrogen) atoms. The molecule has 0 bridgehead atoms. The number of rotatable bonds is 5. The quantitative estimate of drug-likeness (QED) is 0.837. The van der Waals surface area contributed by atoms with Gasteiger partial charge in [0.25, 0.3) is 0 Å². The van der Waals surface area contributed by atoms with Gasteiger partial charge in [0, 0.05) is 6.54 Å². The molecule has 1 fully saturated rings. The molecule has 0 aromatic heterocycles. The number of piperidine rings is 1. The molecule has 3 atom stereocenters. The van der Waals surface area contributed by atoms with Crippen molar-refractivity contribution in [3.8, 4) is 0 Å². The van der Waals surface area contributed by atoms with Crippen molar-refractivity contribution in [2.45, 2.75) is 50.7 Å². The van der Waals surface area contributed by atoms with Crippen molar-refractivity contribution in [3.05, 3.63) is 70.8 Å². The highest BCUT2D eigenvalue weighted by molar-refractivity contribution is 5.73. The summed E-state index contributed by atoms with van der Waals surface area (Å²) in [5.74, 6) is -0.261. The Morgan fingerprint density at radius 1 is 1.07 bits per heavy atom. The molecule has 1 aliphatic heterocycles. The van der Waals surface area contributed by atoms with Crippen LogP contribution >= 0.6 is 0 Å². The first-order valence-corrected chi connectivity index (χ1v) is 10.4. The van der Waals surface area contributed by atoms with Crippen LogP contribution in [-0.4, -0.2) is 41.7 Å². The van der Waals surface area contributed by atoms with Gasteiger partial charge in [-0.2, -0.15) is 0 Å². The highest BCUT2D eigenvalue weighted by atomic mass is 16.5. The predicted molar refractivity (Wildman–Crippen MR) is 110 cm³/mol. The largest absolute Gasteiger partial charge is 0.480 e. The summed E-state index contributed by atoms with van der Waals surface area (Å²) in [4.78, 5) is 13.6. The molecule has 2 aromatic carbocycles. The molecule has 0 amide bonds. The summed E-state index contributed by atoms with van der Waals surface area (Å²) < 4.78 is 6.46. The van der Waals surface area contributed by atoms with Crippen molar-refractivity contribution in [2.24, 2.45) is 0 Å². The average Bonchev–Trinajstić information content (AvgIpc) is 2.83.